The van der Waals surface area contributed by atoms with Crippen LogP contribution in [0, 0.1) is 0 Å². The highest BCUT2D eigenvalue weighted by molar-refractivity contribution is 7.92. The van der Waals surface area contributed by atoms with Crippen molar-refractivity contribution in [1.29, 1.82) is 0 Å². The summed E-state index contributed by atoms with van der Waals surface area (Å²) in [5.74, 6) is 0.686. The van der Waals surface area contributed by atoms with Gasteiger partial charge in [0, 0.05) is 12.1 Å². The molecule has 6 heteroatoms. The van der Waals surface area contributed by atoms with E-state index in [0.29, 0.717) is 18.0 Å². The molecule has 0 fully saturated rings. The summed E-state index contributed by atoms with van der Waals surface area (Å²) in [5.41, 5.74) is 2.19. The van der Waals surface area contributed by atoms with Crippen molar-refractivity contribution < 1.29 is 12.8 Å². The van der Waals surface area contributed by atoms with Gasteiger partial charge in [-0.05, 0) is 42.9 Å². The molecule has 0 amide bonds. The molecule has 2 N–H and O–H groups in total. The molecule has 0 radical (unpaired) electrons. The molecule has 0 aliphatic carbocycles. The minimum absolute atomic E-state index is 0.226. The summed E-state index contributed by atoms with van der Waals surface area (Å²) >= 11 is 0. The van der Waals surface area contributed by atoms with E-state index in [0.717, 1.165) is 11.1 Å². The maximum Gasteiger partial charge on any atom is 0.261 e. The van der Waals surface area contributed by atoms with Gasteiger partial charge in [0.25, 0.3) is 10.0 Å². The van der Waals surface area contributed by atoms with E-state index in [9.17, 15) is 8.42 Å². The smallest absolute Gasteiger partial charge is 0.261 e. The van der Waals surface area contributed by atoms with Crippen molar-refractivity contribution in [3.8, 4) is 11.3 Å². The third-order valence-electron chi connectivity index (χ3n) is 3.58. The number of hydrogen-bond donors (Lipinski definition) is 2. The van der Waals surface area contributed by atoms with Crippen LogP contribution in [0.1, 0.15) is 5.56 Å². The molecule has 0 aliphatic rings. The largest absolute Gasteiger partial charge is 0.464 e. The van der Waals surface area contributed by atoms with Gasteiger partial charge in [-0.1, -0.05) is 30.3 Å². The Bertz CT molecular complexity index is 905. The van der Waals surface area contributed by atoms with E-state index < -0.39 is 10.0 Å². The standard InChI is InChI=1S/C18H18N2O3S/c1-19-13-15-10-9-14(18-8-5-11-23-18)12-17(15)20-24(21,22)16-6-3-2-4-7-16/h2-12,19-20H,13H2,1H3. The Kier molecular flexibility index (Phi) is 4.69. The highest BCUT2D eigenvalue weighted by Gasteiger charge is 2.16. The van der Waals surface area contributed by atoms with Crippen LogP contribution in [-0.4, -0.2) is 15.5 Å². The highest BCUT2D eigenvalue weighted by Crippen LogP contribution is 2.28. The molecule has 1 aromatic heterocycles. The molecule has 5 nitrogen and oxygen atoms in total. The second-order valence-electron chi connectivity index (χ2n) is 5.30. The molecule has 3 rings (SSSR count). The zero-order valence-corrected chi connectivity index (χ0v) is 14.0. The SMILES string of the molecule is CNCc1ccc(-c2ccco2)cc1NS(=O)(=O)c1ccccc1. The highest BCUT2D eigenvalue weighted by atomic mass is 32.2. The number of anilines is 1. The van der Waals surface area contributed by atoms with Crippen molar-refractivity contribution in [3.63, 3.8) is 0 Å². The van der Waals surface area contributed by atoms with Gasteiger partial charge in [0.05, 0.1) is 16.8 Å². The Morgan fingerprint density at radius 2 is 1.79 bits per heavy atom. The molecular formula is C18H18N2O3S. The van der Waals surface area contributed by atoms with E-state index in [2.05, 4.69) is 10.0 Å². The summed E-state index contributed by atoms with van der Waals surface area (Å²) in [5, 5.41) is 3.05. The quantitative estimate of drug-likeness (QED) is 0.719. The summed E-state index contributed by atoms with van der Waals surface area (Å²) in [6, 6.07) is 17.5. The second kappa shape index (κ2) is 6.90. The fourth-order valence-corrected chi connectivity index (χ4v) is 3.53. The van der Waals surface area contributed by atoms with E-state index in [4.69, 9.17) is 4.42 Å². The summed E-state index contributed by atoms with van der Waals surface area (Å²) in [6.45, 7) is 0.547. The topological polar surface area (TPSA) is 71.3 Å². The molecule has 0 aliphatic heterocycles. The summed E-state index contributed by atoms with van der Waals surface area (Å²) in [6.07, 6.45) is 1.59. The summed E-state index contributed by atoms with van der Waals surface area (Å²) in [7, 11) is -1.83. The lowest BCUT2D eigenvalue weighted by atomic mass is 10.1. The summed E-state index contributed by atoms with van der Waals surface area (Å²) in [4.78, 5) is 0.226. The summed E-state index contributed by atoms with van der Waals surface area (Å²) < 4.78 is 33.3. The minimum atomic E-state index is -3.65. The van der Waals surface area contributed by atoms with Crippen molar-refractivity contribution >= 4 is 15.7 Å². The van der Waals surface area contributed by atoms with E-state index in [1.54, 1.807) is 48.7 Å². The van der Waals surface area contributed by atoms with Gasteiger partial charge in [0.15, 0.2) is 0 Å². The predicted octanol–water partition coefficient (Wildman–Crippen LogP) is 3.47. The fraction of sp³-hybridized carbons (Fsp3) is 0.111. The third-order valence-corrected chi connectivity index (χ3v) is 4.96. The number of nitrogens with one attached hydrogen (secondary N) is 2. The zero-order chi connectivity index (χ0) is 17.0. The van der Waals surface area contributed by atoms with Gasteiger partial charge in [-0.25, -0.2) is 8.42 Å². The molecule has 0 spiro atoms. The Labute approximate surface area is 141 Å². The van der Waals surface area contributed by atoms with E-state index in [1.807, 2.05) is 25.2 Å². The van der Waals surface area contributed by atoms with Crippen LogP contribution in [0.5, 0.6) is 0 Å². The van der Waals surface area contributed by atoms with Crippen molar-refractivity contribution in [2.24, 2.45) is 0 Å². The molecule has 24 heavy (non-hydrogen) atoms. The first-order valence-corrected chi connectivity index (χ1v) is 8.98. The molecule has 124 valence electrons. The normalized spacial score (nSPS) is 11.4. The van der Waals surface area contributed by atoms with Gasteiger partial charge >= 0.3 is 0 Å². The monoisotopic (exact) mass is 342 g/mol. The Hall–Kier alpha value is -2.57. The van der Waals surface area contributed by atoms with Gasteiger partial charge in [0.1, 0.15) is 5.76 Å². The molecule has 0 saturated heterocycles. The molecule has 0 atom stereocenters. The number of rotatable bonds is 6. The van der Waals surface area contributed by atoms with Crippen molar-refractivity contribution in [2.45, 2.75) is 11.4 Å². The minimum Gasteiger partial charge on any atom is -0.464 e. The van der Waals surface area contributed by atoms with Crippen LogP contribution in [0.15, 0.2) is 76.2 Å². The molecule has 0 unspecified atom stereocenters. The van der Waals surface area contributed by atoms with Gasteiger partial charge in [0.2, 0.25) is 0 Å². The fourth-order valence-electron chi connectivity index (χ4n) is 2.42. The Morgan fingerprint density at radius 1 is 1.00 bits per heavy atom. The lowest BCUT2D eigenvalue weighted by Gasteiger charge is -2.14. The van der Waals surface area contributed by atoms with Crippen molar-refractivity contribution in [2.75, 3.05) is 11.8 Å². The molecular weight excluding hydrogens is 324 g/mol. The lowest BCUT2D eigenvalue weighted by molar-refractivity contribution is 0.582. The maximum absolute atomic E-state index is 12.6. The third kappa shape index (κ3) is 3.50. The van der Waals surface area contributed by atoms with Crippen LogP contribution in [0.25, 0.3) is 11.3 Å². The van der Waals surface area contributed by atoms with Gasteiger partial charge < -0.3 is 9.73 Å². The maximum atomic E-state index is 12.6. The van der Waals surface area contributed by atoms with Gasteiger partial charge in [-0.2, -0.15) is 0 Å². The first-order chi connectivity index (χ1) is 11.6. The molecule has 1 heterocycles. The van der Waals surface area contributed by atoms with Crippen LogP contribution in [0.4, 0.5) is 5.69 Å². The molecule has 0 bridgehead atoms. The molecule has 2 aromatic carbocycles. The molecule has 0 saturated carbocycles. The van der Waals surface area contributed by atoms with Crippen LogP contribution < -0.4 is 10.0 Å². The Balaban J connectivity index is 2.00. The average molecular weight is 342 g/mol. The number of hydrogen-bond acceptors (Lipinski definition) is 4. The van der Waals surface area contributed by atoms with Crippen molar-refractivity contribution in [1.82, 2.24) is 5.32 Å². The second-order valence-corrected chi connectivity index (χ2v) is 6.98. The van der Waals surface area contributed by atoms with E-state index >= 15 is 0 Å². The number of benzene rings is 2. The number of sulfonamides is 1. The van der Waals surface area contributed by atoms with Gasteiger partial charge in [-0.3, -0.25) is 4.72 Å². The zero-order valence-electron chi connectivity index (χ0n) is 13.2. The van der Waals surface area contributed by atoms with E-state index in [-0.39, 0.29) is 4.90 Å². The first-order valence-electron chi connectivity index (χ1n) is 7.49. The van der Waals surface area contributed by atoms with Crippen LogP contribution in [-0.2, 0) is 16.6 Å². The average Bonchev–Trinajstić information content (AvgIpc) is 3.12. The lowest BCUT2D eigenvalue weighted by Crippen LogP contribution is -2.16. The Morgan fingerprint density at radius 3 is 2.46 bits per heavy atom. The van der Waals surface area contributed by atoms with Crippen molar-refractivity contribution in [3.05, 3.63) is 72.5 Å². The first kappa shape index (κ1) is 16.3. The van der Waals surface area contributed by atoms with Crippen LogP contribution >= 0.6 is 0 Å². The van der Waals surface area contributed by atoms with Gasteiger partial charge in [-0.15, -0.1) is 0 Å². The molecule has 3 aromatic rings. The number of furan rings is 1. The van der Waals surface area contributed by atoms with Crippen LogP contribution in [0.3, 0.4) is 0 Å². The van der Waals surface area contributed by atoms with E-state index in [1.165, 1.54) is 0 Å². The van der Waals surface area contributed by atoms with Crippen LogP contribution in [0.2, 0.25) is 0 Å². The predicted molar refractivity (Wildman–Crippen MR) is 94.2 cm³/mol.